The summed E-state index contributed by atoms with van der Waals surface area (Å²) in [5, 5.41) is 11.2. The summed E-state index contributed by atoms with van der Waals surface area (Å²) in [5.74, 6) is -1.00. The van der Waals surface area contributed by atoms with E-state index in [0.717, 1.165) is 16.6 Å². The molecule has 0 unspecified atom stereocenters. The van der Waals surface area contributed by atoms with Gasteiger partial charge in [0.05, 0.1) is 30.0 Å². The number of carbonyl (C=O) groups is 1. The van der Waals surface area contributed by atoms with Crippen molar-refractivity contribution in [3.05, 3.63) is 60.7 Å². The van der Waals surface area contributed by atoms with Crippen LogP contribution in [0, 0.1) is 0 Å². The Morgan fingerprint density at radius 3 is 2.53 bits per heavy atom. The zero-order valence-corrected chi connectivity index (χ0v) is 15.5. The van der Waals surface area contributed by atoms with E-state index in [1.807, 2.05) is 53.1 Å². The Labute approximate surface area is 167 Å². The number of carboxylic acids is 1. The van der Waals surface area contributed by atoms with Crippen molar-refractivity contribution in [2.75, 3.05) is 7.11 Å². The van der Waals surface area contributed by atoms with E-state index < -0.39 is 12.1 Å². The van der Waals surface area contributed by atoms with Crippen LogP contribution < -0.4 is 4.74 Å². The smallest absolute Gasteiger partial charge is 0.490 e. The molecule has 0 amide bonds. The lowest BCUT2D eigenvalue weighted by molar-refractivity contribution is -0.192. The number of ether oxygens (including phenoxy) is 1. The highest BCUT2D eigenvalue weighted by molar-refractivity contribution is 5.75. The second-order valence-electron chi connectivity index (χ2n) is 5.88. The molecule has 4 aromatic rings. The maximum Gasteiger partial charge on any atom is 0.490 e. The predicted octanol–water partition coefficient (Wildman–Crippen LogP) is 3.78. The Kier molecular flexibility index (Phi) is 6.00. The number of alkyl halides is 3. The summed E-state index contributed by atoms with van der Waals surface area (Å²) in [5.41, 5.74) is 2.78. The molecule has 0 radical (unpaired) electrons. The first kappa shape index (κ1) is 20.8. The van der Waals surface area contributed by atoms with Crippen molar-refractivity contribution in [1.29, 1.82) is 0 Å². The summed E-state index contributed by atoms with van der Waals surface area (Å²) >= 11 is 0. The van der Waals surface area contributed by atoms with E-state index in [4.69, 9.17) is 19.2 Å². The molecule has 156 valence electrons. The fourth-order valence-corrected chi connectivity index (χ4v) is 2.54. The first-order valence-electron chi connectivity index (χ1n) is 8.45. The molecule has 0 saturated heterocycles. The summed E-state index contributed by atoms with van der Waals surface area (Å²) in [4.78, 5) is 17.7. The molecule has 2 aromatic heterocycles. The van der Waals surface area contributed by atoms with Gasteiger partial charge in [0.1, 0.15) is 12.3 Å². The van der Waals surface area contributed by atoms with E-state index in [9.17, 15) is 13.2 Å². The van der Waals surface area contributed by atoms with Gasteiger partial charge in [-0.1, -0.05) is 29.4 Å². The van der Waals surface area contributed by atoms with Crippen LogP contribution in [0.4, 0.5) is 13.2 Å². The van der Waals surface area contributed by atoms with Crippen molar-refractivity contribution in [1.82, 2.24) is 19.7 Å². The number of methoxy groups -OCH3 is 1. The van der Waals surface area contributed by atoms with Gasteiger partial charge < -0.3 is 18.9 Å². The first-order valence-corrected chi connectivity index (χ1v) is 8.45. The van der Waals surface area contributed by atoms with Gasteiger partial charge in [0.15, 0.2) is 0 Å². The number of nitrogens with zero attached hydrogens (tertiary/aromatic N) is 4. The van der Waals surface area contributed by atoms with E-state index in [0.29, 0.717) is 24.0 Å². The highest BCUT2D eigenvalue weighted by Crippen LogP contribution is 2.27. The van der Waals surface area contributed by atoms with Gasteiger partial charge in [0.25, 0.3) is 0 Å². The molecule has 0 atom stereocenters. The summed E-state index contributed by atoms with van der Waals surface area (Å²) in [6.07, 6.45) is -3.31. The van der Waals surface area contributed by atoms with Crippen LogP contribution in [-0.4, -0.2) is 44.1 Å². The van der Waals surface area contributed by atoms with Crippen LogP contribution in [0.2, 0.25) is 0 Å². The van der Waals surface area contributed by atoms with E-state index >= 15 is 0 Å². The topological polar surface area (TPSA) is 103 Å². The third-order valence-electron chi connectivity index (χ3n) is 3.89. The van der Waals surface area contributed by atoms with E-state index in [-0.39, 0.29) is 0 Å². The second-order valence-corrected chi connectivity index (χ2v) is 5.88. The second kappa shape index (κ2) is 8.64. The SMILES string of the molecule is COc1ccccc1-c1noc(Cn2cnc3ccccc32)n1.O=C(O)C(F)(F)F. The number of aromatic nitrogens is 4. The molecule has 0 saturated carbocycles. The first-order chi connectivity index (χ1) is 14.3. The number of fused-ring (bicyclic) bond motifs is 1. The number of rotatable bonds is 4. The van der Waals surface area contributed by atoms with E-state index in [1.54, 1.807) is 13.4 Å². The Morgan fingerprint density at radius 2 is 1.83 bits per heavy atom. The van der Waals surface area contributed by atoms with Crippen LogP contribution in [0.25, 0.3) is 22.4 Å². The molecule has 1 N–H and O–H groups in total. The van der Waals surface area contributed by atoms with Crippen LogP contribution in [0.15, 0.2) is 59.4 Å². The maximum atomic E-state index is 10.6. The molecule has 8 nitrogen and oxygen atoms in total. The lowest BCUT2D eigenvalue weighted by Gasteiger charge is -2.03. The van der Waals surface area contributed by atoms with Crippen LogP contribution in [-0.2, 0) is 11.3 Å². The quantitative estimate of drug-likeness (QED) is 0.536. The highest BCUT2D eigenvalue weighted by atomic mass is 19.4. The minimum atomic E-state index is -5.08. The summed E-state index contributed by atoms with van der Waals surface area (Å²) in [6, 6.07) is 15.5. The van der Waals surface area contributed by atoms with Gasteiger partial charge >= 0.3 is 12.1 Å². The van der Waals surface area contributed by atoms with Gasteiger partial charge in [-0.2, -0.15) is 18.2 Å². The lowest BCUT2D eigenvalue weighted by atomic mass is 10.2. The number of para-hydroxylation sites is 3. The van der Waals surface area contributed by atoms with E-state index in [1.165, 1.54) is 0 Å². The standard InChI is InChI=1S/C17H14N4O2.C2HF3O2/c1-22-15-9-5-2-6-12(15)17-19-16(23-20-17)10-21-11-18-13-7-3-4-8-14(13)21;3-2(4,5)1(6)7/h2-9,11H,10H2,1H3;(H,6,7). The molecule has 2 aromatic carbocycles. The summed E-state index contributed by atoms with van der Waals surface area (Å²) in [7, 11) is 1.62. The Hall–Kier alpha value is -3.89. The molecule has 30 heavy (non-hydrogen) atoms. The average molecular weight is 420 g/mol. The Morgan fingerprint density at radius 1 is 1.17 bits per heavy atom. The molecule has 0 bridgehead atoms. The molecular formula is C19H15F3N4O4. The summed E-state index contributed by atoms with van der Waals surface area (Å²) < 4.78 is 44.4. The zero-order chi connectivity index (χ0) is 21.7. The van der Waals surface area contributed by atoms with Crippen LogP contribution in [0.5, 0.6) is 5.75 Å². The number of hydrogen-bond donors (Lipinski definition) is 1. The van der Waals surface area contributed by atoms with Crippen LogP contribution in [0.3, 0.4) is 0 Å². The fraction of sp³-hybridized carbons (Fsp3) is 0.158. The number of carboxylic acid groups (broad SMARTS) is 1. The van der Waals surface area contributed by atoms with Crippen molar-refractivity contribution in [3.63, 3.8) is 0 Å². The van der Waals surface area contributed by atoms with Crippen molar-refractivity contribution in [3.8, 4) is 17.1 Å². The molecule has 0 aliphatic rings. The third kappa shape index (κ3) is 4.74. The monoisotopic (exact) mass is 420 g/mol. The molecule has 11 heteroatoms. The molecule has 4 rings (SSSR count). The number of halogens is 3. The number of benzene rings is 2. The lowest BCUT2D eigenvalue weighted by Crippen LogP contribution is -2.21. The number of hydrogen-bond acceptors (Lipinski definition) is 6. The third-order valence-corrected chi connectivity index (χ3v) is 3.89. The minimum Gasteiger partial charge on any atom is -0.496 e. The van der Waals surface area contributed by atoms with Crippen molar-refractivity contribution >= 4 is 17.0 Å². The van der Waals surface area contributed by atoms with Gasteiger partial charge in [0, 0.05) is 0 Å². The number of imidazole rings is 1. The predicted molar refractivity (Wildman–Crippen MR) is 98.8 cm³/mol. The van der Waals surface area contributed by atoms with Gasteiger partial charge in [0.2, 0.25) is 11.7 Å². The Balaban J connectivity index is 0.000000318. The van der Waals surface area contributed by atoms with E-state index in [2.05, 4.69) is 15.1 Å². The maximum absolute atomic E-state index is 10.6. The molecule has 0 fully saturated rings. The molecule has 0 spiro atoms. The van der Waals surface area contributed by atoms with Crippen molar-refractivity contribution < 1.29 is 32.3 Å². The minimum absolute atomic E-state index is 0.475. The largest absolute Gasteiger partial charge is 0.496 e. The summed E-state index contributed by atoms with van der Waals surface area (Å²) in [6.45, 7) is 0.475. The van der Waals surface area contributed by atoms with Gasteiger partial charge in [-0.15, -0.1) is 0 Å². The molecular weight excluding hydrogens is 405 g/mol. The normalized spacial score (nSPS) is 11.1. The van der Waals surface area contributed by atoms with Crippen LogP contribution >= 0.6 is 0 Å². The fourth-order valence-electron chi connectivity index (χ4n) is 2.54. The van der Waals surface area contributed by atoms with Gasteiger partial charge in [-0.3, -0.25) is 0 Å². The average Bonchev–Trinajstić information content (AvgIpc) is 3.35. The molecule has 2 heterocycles. The van der Waals surface area contributed by atoms with Gasteiger partial charge in [-0.05, 0) is 24.3 Å². The van der Waals surface area contributed by atoms with Gasteiger partial charge in [-0.25, -0.2) is 9.78 Å². The molecule has 0 aliphatic carbocycles. The molecule has 0 aliphatic heterocycles. The zero-order valence-electron chi connectivity index (χ0n) is 15.5. The van der Waals surface area contributed by atoms with Crippen molar-refractivity contribution in [2.24, 2.45) is 0 Å². The Bertz CT molecular complexity index is 1150. The number of aliphatic carboxylic acids is 1. The van der Waals surface area contributed by atoms with Crippen molar-refractivity contribution in [2.45, 2.75) is 12.7 Å². The highest BCUT2D eigenvalue weighted by Gasteiger charge is 2.38. The van der Waals surface area contributed by atoms with Crippen LogP contribution in [0.1, 0.15) is 5.89 Å².